The molecule has 2 heterocycles. The Bertz CT molecular complexity index is 1710. The molecule has 1 unspecified atom stereocenters. The van der Waals surface area contributed by atoms with Crippen molar-refractivity contribution in [2.75, 3.05) is 33.5 Å². The molecule has 0 fully saturated rings. The second-order valence-electron chi connectivity index (χ2n) is 10.5. The molecule has 3 rings (SSSR count). The summed E-state index contributed by atoms with van der Waals surface area (Å²) in [5.74, 6) is -2.57. The number of fused-ring (bicyclic) bond motifs is 1. The van der Waals surface area contributed by atoms with Gasteiger partial charge in [-0.15, -0.1) is 0 Å². The molecule has 0 saturated carbocycles. The Kier molecular flexibility index (Phi) is 11.3. The van der Waals surface area contributed by atoms with Gasteiger partial charge in [0.2, 0.25) is 5.91 Å². The molecule has 2 N–H and O–H groups in total. The third-order valence-electron chi connectivity index (χ3n) is 6.57. The number of anilines is 1. The average molecular weight is 653 g/mol. The fourth-order valence-electron chi connectivity index (χ4n) is 4.33. The highest BCUT2D eigenvalue weighted by molar-refractivity contribution is 5.94. The van der Waals surface area contributed by atoms with E-state index in [-0.39, 0.29) is 40.9 Å². The highest BCUT2D eigenvalue weighted by Crippen LogP contribution is 2.29. The number of hydrogen-bond donors (Lipinski definition) is 2. The highest BCUT2D eigenvalue weighted by Gasteiger charge is 2.29. The third-order valence-corrected chi connectivity index (χ3v) is 6.57. The van der Waals surface area contributed by atoms with Crippen LogP contribution in [0.1, 0.15) is 30.5 Å². The van der Waals surface area contributed by atoms with Crippen molar-refractivity contribution < 1.29 is 46.6 Å². The molecule has 1 atom stereocenters. The van der Waals surface area contributed by atoms with E-state index < -0.39 is 67.0 Å². The molecule has 2 aromatic heterocycles. The minimum Gasteiger partial charge on any atom is -0.464 e. The van der Waals surface area contributed by atoms with Gasteiger partial charge in [-0.3, -0.25) is 14.4 Å². The van der Waals surface area contributed by atoms with Crippen LogP contribution in [-0.4, -0.2) is 93.5 Å². The van der Waals surface area contributed by atoms with E-state index in [9.17, 15) is 46.6 Å². The summed E-state index contributed by atoms with van der Waals surface area (Å²) >= 11 is 0. The summed E-state index contributed by atoms with van der Waals surface area (Å²) < 4.78 is 59.9. The zero-order valence-electron chi connectivity index (χ0n) is 25.3. The van der Waals surface area contributed by atoms with Crippen molar-refractivity contribution in [3.8, 4) is 0 Å². The monoisotopic (exact) mass is 652 g/mol. The van der Waals surface area contributed by atoms with Crippen LogP contribution in [0.5, 0.6) is 0 Å². The molecule has 0 radical (unpaired) electrons. The van der Waals surface area contributed by atoms with Crippen LogP contribution in [-0.2, 0) is 27.3 Å². The summed E-state index contributed by atoms with van der Waals surface area (Å²) in [6.45, 7) is -0.449. The van der Waals surface area contributed by atoms with Gasteiger partial charge in [0.15, 0.2) is 11.9 Å². The number of ether oxygens (including phenoxy) is 1. The Balaban J connectivity index is 1.91. The van der Waals surface area contributed by atoms with Crippen molar-refractivity contribution in [2.24, 2.45) is 0 Å². The molecule has 0 aliphatic heterocycles. The van der Waals surface area contributed by atoms with Crippen molar-refractivity contribution in [1.82, 2.24) is 23.9 Å². The first-order valence-electron chi connectivity index (χ1n) is 13.7. The molecule has 3 aromatic rings. The number of allylic oxidation sites excluding steroid dienone is 1. The summed E-state index contributed by atoms with van der Waals surface area (Å²) in [6.07, 6.45) is -5.21. The molecule has 3 amide bonds. The second kappa shape index (κ2) is 14.7. The second-order valence-corrected chi connectivity index (χ2v) is 10.5. The molecule has 0 bridgehead atoms. The van der Waals surface area contributed by atoms with Gasteiger partial charge < -0.3 is 29.5 Å². The maximum absolute atomic E-state index is 14.3. The first-order chi connectivity index (χ1) is 21.5. The minimum absolute atomic E-state index is 0.0112. The van der Waals surface area contributed by atoms with Crippen LogP contribution in [0.2, 0.25) is 0 Å². The third kappa shape index (κ3) is 9.15. The summed E-state index contributed by atoms with van der Waals surface area (Å²) in [6, 6.07) is 3.04. The number of alkyl halides is 3. The fourth-order valence-corrected chi connectivity index (χ4v) is 4.33. The number of benzene rings is 1. The first-order valence-corrected chi connectivity index (χ1v) is 13.7. The molecule has 0 aliphatic rings. The van der Waals surface area contributed by atoms with Gasteiger partial charge in [0.1, 0.15) is 5.82 Å². The van der Waals surface area contributed by atoms with E-state index in [4.69, 9.17) is 4.74 Å². The number of aryl methyl sites for hydroxylation is 1. The summed E-state index contributed by atoms with van der Waals surface area (Å²) in [4.78, 5) is 68.8. The topological polar surface area (TPSA) is 156 Å². The molecule has 0 spiro atoms. The molecular weight excluding hydrogens is 620 g/mol. The number of rotatable bonds is 11. The number of amides is 3. The fraction of sp³-hybridized carbons (Fsp3) is 0.379. The largest absolute Gasteiger partial charge is 0.464 e. The molecule has 13 nitrogen and oxygen atoms in total. The Morgan fingerprint density at radius 3 is 2.41 bits per heavy atom. The van der Waals surface area contributed by atoms with Crippen LogP contribution in [0, 0.1) is 5.82 Å². The molecule has 248 valence electrons. The lowest BCUT2D eigenvalue weighted by Gasteiger charge is -2.19. The van der Waals surface area contributed by atoms with E-state index >= 15 is 0 Å². The number of nitrogens with one attached hydrogen (secondary N) is 1. The Labute approximate surface area is 259 Å². The van der Waals surface area contributed by atoms with Crippen LogP contribution in [0.15, 0.2) is 47.5 Å². The standard InChI is InChI=1S/C29H32F4N6O7/c1-36(2)22(40)8-6-5-7-21(46-28(45)37(3)4)25(41)35-24-26(42)38(12-11-34-24)16-20-15-18-14-19(30)13-17(9-10-29(31,32)33)23(18)39(20)27(43)44/h6,8,11-15,21H,5,7,9-10,16H2,1-4H3,(H,43,44)(H,34,35,41)/b8-6+. The molecule has 0 saturated heterocycles. The van der Waals surface area contributed by atoms with Gasteiger partial charge >= 0.3 is 18.4 Å². The number of nitrogens with zero attached hydrogens (tertiary/aromatic N) is 5. The summed E-state index contributed by atoms with van der Waals surface area (Å²) in [5.41, 5.74) is -1.31. The van der Waals surface area contributed by atoms with Crippen LogP contribution in [0.25, 0.3) is 10.9 Å². The van der Waals surface area contributed by atoms with Crippen LogP contribution in [0.3, 0.4) is 0 Å². The van der Waals surface area contributed by atoms with E-state index in [2.05, 4.69) is 10.3 Å². The maximum Gasteiger partial charge on any atom is 0.416 e. The van der Waals surface area contributed by atoms with Gasteiger partial charge in [-0.1, -0.05) is 6.08 Å². The number of likely N-dealkylation sites (N-methyl/N-ethyl adjacent to an activating group) is 1. The van der Waals surface area contributed by atoms with E-state index in [1.165, 1.54) is 43.4 Å². The van der Waals surface area contributed by atoms with Crippen LogP contribution >= 0.6 is 0 Å². The van der Waals surface area contributed by atoms with Gasteiger partial charge in [0.25, 0.3) is 11.5 Å². The molecule has 46 heavy (non-hydrogen) atoms. The van der Waals surface area contributed by atoms with Gasteiger partial charge in [-0.05, 0) is 49.1 Å². The number of carboxylic acid groups (broad SMARTS) is 1. The van der Waals surface area contributed by atoms with E-state index in [1.807, 2.05) is 0 Å². The summed E-state index contributed by atoms with van der Waals surface area (Å²) in [5, 5.41) is 12.2. The van der Waals surface area contributed by atoms with Crippen molar-refractivity contribution in [3.63, 3.8) is 0 Å². The maximum atomic E-state index is 14.3. The van der Waals surface area contributed by atoms with Crippen molar-refractivity contribution in [3.05, 3.63) is 70.2 Å². The number of aromatic nitrogens is 3. The minimum atomic E-state index is -4.57. The van der Waals surface area contributed by atoms with Gasteiger partial charge in [-0.25, -0.2) is 23.5 Å². The average Bonchev–Trinajstić information content (AvgIpc) is 3.32. The number of carbonyl (C=O) groups is 4. The molecule has 1 aromatic carbocycles. The van der Waals surface area contributed by atoms with Crippen molar-refractivity contribution in [1.29, 1.82) is 0 Å². The van der Waals surface area contributed by atoms with Crippen molar-refractivity contribution >= 4 is 40.7 Å². The Hall–Kier alpha value is -5.22. The smallest absolute Gasteiger partial charge is 0.416 e. The van der Waals surface area contributed by atoms with Crippen molar-refractivity contribution in [2.45, 2.75) is 44.5 Å². The normalized spacial score (nSPS) is 12.3. The van der Waals surface area contributed by atoms with E-state index in [0.717, 1.165) is 27.8 Å². The lowest BCUT2D eigenvalue weighted by molar-refractivity contribution is -0.134. The van der Waals surface area contributed by atoms with E-state index in [0.29, 0.717) is 4.57 Å². The predicted molar refractivity (Wildman–Crippen MR) is 157 cm³/mol. The molecular formula is C29H32F4N6O7. The quantitative estimate of drug-likeness (QED) is 0.234. The number of hydrogen-bond acceptors (Lipinski definition) is 7. The number of halogens is 4. The molecule has 0 aliphatic carbocycles. The zero-order chi connectivity index (χ0) is 34.3. The number of carbonyl (C=O) groups excluding carboxylic acids is 3. The van der Waals surface area contributed by atoms with Gasteiger partial charge in [0, 0.05) is 52.4 Å². The lowest BCUT2D eigenvalue weighted by Crippen LogP contribution is -2.38. The SMILES string of the molecule is CN(C)C(=O)/C=C/CCC(OC(=O)N(C)C)C(=O)Nc1nccn(Cc2cc3cc(F)cc(CCC(F)(F)F)c3n2C(=O)O)c1=O. The van der Waals surface area contributed by atoms with Gasteiger partial charge in [-0.2, -0.15) is 13.2 Å². The lowest BCUT2D eigenvalue weighted by atomic mass is 10.1. The van der Waals surface area contributed by atoms with Gasteiger partial charge in [0.05, 0.1) is 17.8 Å². The first kappa shape index (κ1) is 35.3. The highest BCUT2D eigenvalue weighted by atomic mass is 19.4. The van der Waals surface area contributed by atoms with E-state index in [1.54, 1.807) is 14.1 Å². The molecule has 17 heteroatoms. The van der Waals surface area contributed by atoms with Crippen LogP contribution < -0.4 is 10.9 Å². The Morgan fingerprint density at radius 1 is 1.11 bits per heavy atom. The zero-order valence-corrected chi connectivity index (χ0v) is 25.3. The Morgan fingerprint density at radius 2 is 1.80 bits per heavy atom. The van der Waals surface area contributed by atoms with Crippen LogP contribution in [0.4, 0.5) is 33.0 Å². The summed E-state index contributed by atoms with van der Waals surface area (Å²) in [7, 11) is 5.90. The predicted octanol–water partition coefficient (Wildman–Crippen LogP) is 3.84.